The summed E-state index contributed by atoms with van der Waals surface area (Å²) in [4.78, 5) is 13.0. The van der Waals surface area contributed by atoms with Crippen molar-refractivity contribution in [1.82, 2.24) is 10.2 Å². The van der Waals surface area contributed by atoms with Gasteiger partial charge in [0.2, 0.25) is 0 Å². The molecule has 1 aliphatic heterocycles. The molecule has 0 atom stereocenters. The van der Waals surface area contributed by atoms with E-state index in [4.69, 9.17) is 21.4 Å². The number of carbonyl (C=O) groups is 1. The van der Waals surface area contributed by atoms with Crippen molar-refractivity contribution in [2.75, 3.05) is 26.2 Å². The Morgan fingerprint density at radius 1 is 1.50 bits per heavy atom. The van der Waals surface area contributed by atoms with Gasteiger partial charge >= 0.3 is 6.03 Å². The maximum absolute atomic E-state index is 11.3. The summed E-state index contributed by atoms with van der Waals surface area (Å²) in [7, 11) is 0. The molecule has 1 fully saturated rings. The van der Waals surface area contributed by atoms with Gasteiger partial charge in [0.25, 0.3) is 0 Å². The molecule has 5 nitrogen and oxygen atoms in total. The van der Waals surface area contributed by atoms with E-state index in [1.54, 1.807) is 23.1 Å². The fourth-order valence-electron chi connectivity index (χ4n) is 1.75. The molecule has 2 N–H and O–H groups in total. The number of nitrogens with zero attached hydrogens (tertiary/aromatic N) is 1. The Balaban J connectivity index is 1.84. The van der Waals surface area contributed by atoms with Crippen LogP contribution in [0.4, 0.5) is 4.79 Å². The van der Waals surface area contributed by atoms with E-state index in [9.17, 15) is 4.79 Å². The molecule has 0 unspecified atom stereocenters. The fourth-order valence-corrected chi connectivity index (χ4v) is 2.01. The van der Waals surface area contributed by atoms with Crippen molar-refractivity contribution in [3.05, 3.63) is 28.8 Å². The molecule has 2 rings (SSSR count). The van der Waals surface area contributed by atoms with Gasteiger partial charge in [0.05, 0.1) is 18.2 Å². The van der Waals surface area contributed by atoms with Crippen LogP contribution in [0.3, 0.4) is 0 Å². The number of aliphatic hydroxyl groups excluding tert-OH is 1. The predicted molar refractivity (Wildman–Crippen MR) is 67.8 cm³/mol. The molecule has 0 radical (unpaired) electrons. The molecule has 1 saturated heterocycles. The SMILES string of the molecule is O=C1NCCN1CCOc1ccc(CO)cc1Cl. The zero-order valence-corrected chi connectivity index (χ0v) is 10.6. The topological polar surface area (TPSA) is 61.8 Å². The normalized spacial score (nSPS) is 14.8. The first-order valence-electron chi connectivity index (χ1n) is 5.75. The summed E-state index contributed by atoms with van der Waals surface area (Å²) in [6.07, 6.45) is 0. The van der Waals surface area contributed by atoms with Crippen LogP contribution in [0.25, 0.3) is 0 Å². The highest BCUT2D eigenvalue weighted by atomic mass is 35.5. The monoisotopic (exact) mass is 270 g/mol. The maximum Gasteiger partial charge on any atom is 0.317 e. The fraction of sp³-hybridized carbons (Fsp3) is 0.417. The quantitative estimate of drug-likeness (QED) is 0.846. The molecule has 1 heterocycles. The third-order valence-corrected chi connectivity index (χ3v) is 3.04. The minimum Gasteiger partial charge on any atom is -0.490 e. The average Bonchev–Trinajstić information content (AvgIpc) is 2.77. The number of urea groups is 1. The zero-order valence-electron chi connectivity index (χ0n) is 9.86. The van der Waals surface area contributed by atoms with Gasteiger partial charge in [-0.15, -0.1) is 0 Å². The third kappa shape index (κ3) is 3.05. The second-order valence-electron chi connectivity index (χ2n) is 3.99. The molecule has 98 valence electrons. The van der Waals surface area contributed by atoms with Crippen LogP contribution < -0.4 is 10.1 Å². The molecule has 0 bridgehead atoms. The number of ether oxygens (including phenoxy) is 1. The minimum atomic E-state index is -0.0553. The Morgan fingerprint density at radius 2 is 2.33 bits per heavy atom. The van der Waals surface area contributed by atoms with Crippen LogP contribution in [-0.4, -0.2) is 42.3 Å². The first kappa shape index (κ1) is 13.0. The number of hydrogen-bond acceptors (Lipinski definition) is 3. The molecule has 0 saturated carbocycles. The predicted octanol–water partition coefficient (Wildman–Crippen LogP) is 1.24. The highest BCUT2D eigenvalue weighted by Crippen LogP contribution is 2.25. The van der Waals surface area contributed by atoms with Crippen LogP contribution in [0.5, 0.6) is 5.75 Å². The summed E-state index contributed by atoms with van der Waals surface area (Å²) < 4.78 is 5.51. The highest BCUT2D eigenvalue weighted by Gasteiger charge is 2.18. The molecule has 0 aromatic heterocycles. The van der Waals surface area contributed by atoms with Crippen LogP contribution in [0.15, 0.2) is 18.2 Å². The van der Waals surface area contributed by atoms with Crippen molar-refractivity contribution in [3.8, 4) is 5.75 Å². The van der Waals surface area contributed by atoms with Gasteiger partial charge in [0.1, 0.15) is 12.4 Å². The first-order valence-corrected chi connectivity index (χ1v) is 6.13. The van der Waals surface area contributed by atoms with Crippen molar-refractivity contribution >= 4 is 17.6 Å². The molecule has 2 amide bonds. The van der Waals surface area contributed by atoms with Gasteiger partial charge < -0.3 is 20.1 Å². The van der Waals surface area contributed by atoms with Crippen molar-refractivity contribution in [2.45, 2.75) is 6.61 Å². The van der Waals surface area contributed by atoms with E-state index in [0.717, 1.165) is 5.56 Å². The Bertz CT molecular complexity index is 439. The smallest absolute Gasteiger partial charge is 0.317 e. The summed E-state index contributed by atoms with van der Waals surface area (Å²) >= 11 is 6.00. The van der Waals surface area contributed by atoms with Crippen LogP contribution in [-0.2, 0) is 6.61 Å². The number of hydrogen-bond donors (Lipinski definition) is 2. The molecule has 0 aliphatic carbocycles. The standard InChI is InChI=1S/C12H15ClN2O3/c13-10-7-9(8-16)1-2-11(10)18-6-5-15-4-3-14-12(15)17/h1-2,7,16H,3-6,8H2,(H,14,17). The molecular weight excluding hydrogens is 256 g/mol. The van der Waals surface area contributed by atoms with E-state index in [0.29, 0.717) is 37.0 Å². The summed E-state index contributed by atoms with van der Waals surface area (Å²) in [6.45, 7) is 2.27. The lowest BCUT2D eigenvalue weighted by atomic mass is 10.2. The lowest BCUT2D eigenvalue weighted by Crippen LogP contribution is -2.31. The lowest BCUT2D eigenvalue weighted by molar-refractivity contribution is 0.202. The molecule has 6 heteroatoms. The number of benzene rings is 1. The second kappa shape index (κ2) is 5.93. The van der Waals surface area contributed by atoms with Gasteiger partial charge in [0, 0.05) is 13.1 Å². The Kier molecular flexibility index (Phi) is 4.28. The summed E-state index contributed by atoms with van der Waals surface area (Å²) in [5.41, 5.74) is 0.742. The van der Waals surface area contributed by atoms with E-state index < -0.39 is 0 Å². The number of rotatable bonds is 5. The van der Waals surface area contributed by atoms with E-state index >= 15 is 0 Å². The maximum atomic E-state index is 11.3. The van der Waals surface area contributed by atoms with Gasteiger partial charge in [0.15, 0.2) is 0 Å². The van der Waals surface area contributed by atoms with Gasteiger partial charge in [-0.3, -0.25) is 0 Å². The molecule has 18 heavy (non-hydrogen) atoms. The molecular formula is C12H15ClN2O3. The van der Waals surface area contributed by atoms with Gasteiger partial charge in [-0.25, -0.2) is 4.79 Å². The van der Waals surface area contributed by atoms with Crippen molar-refractivity contribution in [2.24, 2.45) is 0 Å². The molecule has 1 aromatic rings. The number of aliphatic hydroxyl groups is 1. The average molecular weight is 271 g/mol. The van der Waals surface area contributed by atoms with Crippen LogP contribution in [0.1, 0.15) is 5.56 Å². The van der Waals surface area contributed by atoms with Crippen LogP contribution >= 0.6 is 11.6 Å². The van der Waals surface area contributed by atoms with E-state index in [1.807, 2.05) is 0 Å². The van der Waals surface area contributed by atoms with Crippen molar-refractivity contribution < 1.29 is 14.6 Å². The summed E-state index contributed by atoms with van der Waals surface area (Å²) in [6, 6.07) is 5.08. The van der Waals surface area contributed by atoms with Crippen molar-refractivity contribution in [1.29, 1.82) is 0 Å². The van der Waals surface area contributed by atoms with Crippen LogP contribution in [0.2, 0.25) is 5.02 Å². The first-order chi connectivity index (χ1) is 8.70. The zero-order chi connectivity index (χ0) is 13.0. The summed E-state index contributed by atoms with van der Waals surface area (Å²) in [5.74, 6) is 0.563. The largest absolute Gasteiger partial charge is 0.490 e. The molecule has 1 aliphatic rings. The molecule has 1 aromatic carbocycles. The van der Waals surface area contributed by atoms with Gasteiger partial charge in [-0.2, -0.15) is 0 Å². The number of halogens is 1. The summed E-state index contributed by atoms with van der Waals surface area (Å²) in [5, 5.41) is 12.1. The van der Waals surface area contributed by atoms with E-state index in [2.05, 4.69) is 5.32 Å². The Hall–Kier alpha value is -1.46. The third-order valence-electron chi connectivity index (χ3n) is 2.74. The second-order valence-corrected chi connectivity index (χ2v) is 4.40. The van der Waals surface area contributed by atoms with E-state index in [1.165, 1.54) is 0 Å². The highest BCUT2D eigenvalue weighted by molar-refractivity contribution is 6.32. The molecule has 0 spiro atoms. The van der Waals surface area contributed by atoms with Gasteiger partial charge in [-0.1, -0.05) is 17.7 Å². The number of amides is 2. The Labute approximate surface area is 110 Å². The van der Waals surface area contributed by atoms with Crippen LogP contribution in [0, 0.1) is 0 Å². The Morgan fingerprint density at radius 3 is 2.94 bits per heavy atom. The van der Waals surface area contributed by atoms with Gasteiger partial charge in [-0.05, 0) is 17.7 Å². The number of nitrogens with one attached hydrogen (secondary N) is 1. The minimum absolute atomic E-state index is 0.0477. The van der Waals surface area contributed by atoms with E-state index in [-0.39, 0.29) is 12.6 Å². The lowest BCUT2D eigenvalue weighted by Gasteiger charge is -2.15. The number of carbonyl (C=O) groups excluding carboxylic acids is 1. The van der Waals surface area contributed by atoms with Crippen molar-refractivity contribution in [3.63, 3.8) is 0 Å².